The highest BCUT2D eigenvalue weighted by Gasteiger charge is 2.02. The molecule has 0 amide bonds. The molecule has 0 unspecified atom stereocenters. The number of benzene rings is 2. The molecule has 0 saturated heterocycles. The van der Waals surface area contributed by atoms with E-state index >= 15 is 0 Å². The van der Waals surface area contributed by atoms with E-state index in [-0.39, 0.29) is 5.75 Å². The van der Waals surface area contributed by atoms with Gasteiger partial charge in [-0.1, -0.05) is 17.7 Å². The van der Waals surface area contributed by atoms with Gasteiger partial charge < -0.3 is 10.3 Å². The van der Waals surface area contributed by atoms with E-state index in [1.54, 1.807) is 36.4 Å². The summed E-state index contributed by atoms with van der Waals surface area (Å²) < 4.78 is 0.727. The number of halogens is 1. The highest BCUT2D eigenvalue weighted by Crippen LogP contribution is 2.16. The molecule has 0 atom stereocenters. The Hall–Kier alpha value is -2.00. The average Bonchev–Trinajstić information content (AvgIpc) is 2.29. The summed E-state index contributed by atoms with van der Waals surface area (Å²) in [7, 11) is 0. The quantitative estimate of drug-likeness (QED) is 0.383. The predicted octanol–water partition coefficient (Wildman–Crippen LogP) is 3.31. The molecule has 1 N–H and O–H groups in total. The van der Waals surface area contributed by atoms with Crippen molar-refractivity contribution in [2.75, 3.05) is 0 Å². The Labute approximate surface area is 104 Å². The van der Waals surface area contributed by atoms with Gasteiger partial charge in [0, 0.05) is 22.7 Å². The van der Waals surface area contributed by atoms with Crippen molar-refractivity contribution in [3.05, 3.63) is 64.3 Å². The number of nitrogens with zero attached hydrogens (tertiary/aromatic N) is 1. The minimum Gasteiger partial charge on any atom is -0.618 e. The number of hydrogen-bond acceptors (Lipinski definition) is 2. The second-order valence-corrected chi connectivity index (χ2v) is 3.96. The van der Waals surface area contributed by atoms with E-state index in [9.17, 15) is 5.21 Å². The molecule has 17 heavy (non-hydrogen) atoms. The predicted molar refractivity (Wildman–Crippen MR) is 68.0 cm³/mol. The Morgan fingerprint density at radius 1 is 1.12 bits per heavy atom. The van der Waals surface area contributed by atoms with Crippen molar-refractivity contribution >= 4 is 23.5 Å². The maximum atomic E-state index is 11.8. The molecule has 0 aliphatic carbocycles. The SMILES string of the molecule is [O-][N+](=Cc1cccc(Cl)c1)c1ccc(O)cc1. The fraction of sp³-hybridized carbons (Fsp3) is 0. The normalized spacial score (nSPS) is 11.5. The van der Waals surface area contributed by atoms with Crippen molar-refractivity contribution in [2.45, 2.75) is 0 Å². The molecule has 86 valence electrons. The van der Waals surface area contributed by atoms with Gasteiger partial charge in [0.05, 0.1) is 0 Å². The molecule has 0 saturated carbocycles. The second kappa shape index (κ2) is 4.89. The standard InChI is InChI=1S/C13H10ClNO2/c14-11-3-1-2-10(8-11)9-15(17)12-4-6-13(16)7-5-12/h1-9,16H. The molecular formula is C13H10ClNO2. The first-order chi connectivity index (χ1) is 8.15. The maximum Gasteiger partial charge on any atom is 0.216 e. The van der Waals surface area contributed by atoms with Crippen LogP contribution in [0.3, 0.4) is 0 Å². The summed E-state index contributed by atoms with van der Waals surface area (Å²) in [6.45, 7) is 0. The van der Waals surface area contributed by atoms with Gasteiger partial charge in [-0.3, -0.25) is 0 Å². The third-order valence-electron chi connectivity index (χ3n) is 2.22. The minimum atomic E-state index is 0.130. The highest BCUT2D eigenvalue weighted by molar-refractivity contribution is 6.30. The van der Waals surface area contributed by atoms with Crippen molar-refractivity contribution in [1.29, 1.82) is 0 Å². The van der Waals surface area contributed by atoms with Crippen molar-refractivity contribution in [3.63, 3.8) is 0 Å². The third-order valence-corrected chi connectivity index (χ3v) is 2.45. The Morgan fingerprint density at radius 3 is 2.47 bits per heavy atom. The first kappa shape index (κ1) is 11.5. The van der Waals surface area contributed by atoms with Crippen molar-refractivity contribution in [3.8, 4) is 5.75 Å². The topological polar surface area (TPSA) is 46.3 Å². The monoisotopic (exact) mass is 247 g/mol. The molecule has 0 aliphatic rings. The fourth-order valence-electron chi connectivity index (χ4n) is 1.40. The van der Waals surface area contributed by atoms with E-state index in [0.29, 0.717) is 10.7 Å². The van der Waals surface area contributed by atoms with Crippen molar-refractivity contribution in [2.24, 2.45) is 0 Å². The molecule has 2 rings (SSSR count). The molecular weight excluding hydrogens is 238 g/mol. The summed E-state index contributed by atoms with van der Waals surface area (Å²) in [5, 5.41) is 21.5. The van der Waals surface area contributed by atoms with Crippen LogP contribution in [0.25, 0.3) is 0 Å². The van der Waals surface area contributed by atoms with Crippen LogP contribution in [0.1, 0.15) is 5.56 Å². The van der Waals surface area contributed by atoms with Gasteiger partial charge >= 0.3 is 0 Å². The molecule has 0 aliphatic heterocycles. The van der Waals surface area contributed by atoms with Gasteiger partial charge in [-0.25, -0.2) is 0 Å². The summed E-state index contributed by atoms with van der Waals surface area (Å²) in [6.07, 6.45) is 1.43. The summed E-state index contributed by atoms with van der Waals surface area (Å²) in [5.41, 5.74) is 1.17. The number of phenols is 1. The molecule has 0 spiro atoms. The van der Waals surface area contributed by atoms with Crippen LogP contribution >= 0.6 is 11.6 Å². The average molecular weight is 248 g/mol. The zero-order chi connectivity index (χ0) is 12.3. The number of phenolic OH excluding ortho intramolecular Hbond substituents is 1. The maximum absolute atomic E-state index is 11.8. The van der Waals surface area contributed by atoms with Gasteiger partial charge in [0.1, 0.15) is 5.75 Å². The van der Waals surface area contributed by atoms with Gasteiger partial charge in [0.25, 0.3) is 0 Å². The number of rotatable bonds is 2. The molecule has 0 fully saturated rings. The molecule has 2 aromatic carbocycles. The molecule has 0 aromatic heterocycles. The molecule has 0 bridgehead atoms. The van der Waals surface area contributed by atoms with E-state index in [2.05, 4.69) is 0 Å². The lowest BCUT2D eigenvalue weighted by molar-refractivity contribution is -0.354. The van der Waals surface area contributed by atoms with Crippen molar-refractivity contribution < 1.29 is 9.85 Å². The van der Waals surface area contributed by atoms with Gasteiger partial charge in [0.15, 0.2) is 6.21 Å². The lowest BCUT2D eigenvalue weighted by Crippen LogP contribution is -1.98. The van der Waals surface area contributed by atoms with Gasteiger partial charge in [-0.15, -0.1) is 0 Å². The van der Waals surface area contributed by atoms with Gasteiger partial charge in [0.2, 0.25) is 5.69 Å². The zero-order valence-corrected chi connectivity index (χ0v) is 9.63. The van der Waals surface area contributed by atoms with E-state index in [4.69, 9.17) is 16.7 Å². The summed E-state index contributed by atoms with van der Waals surface area (Å²) in [4.78, 5) is 0. The van der Waals surface area contributed by atoms with Crippen LogP contribution in [0.4, 0.5) is 5.69 Å². The van der Waals surface area contributed by atoms with E-state index < -0.39 is 0 Å². The lowest BCUT2D eigenvalue weighted by Gasteiger charge is -2.03. The van der Waals surface area contributed by atoms with Crippen LogP contribution in [0.5, 0.6) is 5.75 Å². The number of hydrogen-bond donors (Lipinski definition) is 1. The van der Waals surface area contributed by atoms with E-state index in [0.717, 1.165) is 10.3 Å². The molecule has 2 aromatic rings. The molecule has 4 heteroatoms. The summed E-state index contributed by atoms with van der Waals surface area (Å²) in [5.74, 6) is 0.130. The lowest BCUT2D eigenvalue weighted by atomic mass is 10.2. The Balaban J connectivity index is 2.30. The van der Waals surface area contributed by atoms with Crippen LogP contribution in [0.2, 0.25) is 5.02 Å². The smallest absolute Gasteiger partial charge is 0.216 e. The molecule has 0 radical (unpaired) electrons. The van der Waals surface area contributed by atoms with Gasteiger partial charge in [-0.05, 0) is 30.3 Å². The van der Waals surface area contributed by atoms with Crippen molar-refractivity contribution in [1.82, 2.24) is 0 Å². The second-order valence-electron chi connectivity index (χ2n) is 3.53. The molecule has 0 heterocycles. The first-order valence-corrected chi connectivity index (χ1v) is 5.39. The first-order valence-electron chi connectivity index (χ1n) is 5.01. The van der Waals surface area contributed by atoms with E-state index in [1.807, 2.05) is 0 Å². The van der Waals surface area contributed by atoms with Gasteiger partial charge in [-0.2, -0.15) is 4.74 Å². The zero-order valence-electron chi connectivity index (χ0n) is 8.88. The Bertz CT molecular complexity index is 550. The largest absolute Gasteiger partial charge is 0.618 e. The fourth-order valence-corrected chi connectivity index (χ4v) is 1.60. The van der Waals surface area contributed by atoms with Crippen LogP contribution in [-0.2, 0) is 0 Å². The molecule has 3 nitrogen and oxygen atoms in total. The van der Waals surface area contributed by atoms with Crippen LogP contribution in [0, 0.1) is 5.21 Å². The third kappa shape index (κ3) is 2.98. The highest BCUT2D eigenvalue weighted by atomic mass is 35.5. The summed E-state index contributed by atoms with van der Waals surface area (Å²) in [6, 6.07) is 13.0. The summed E-state index contributed by atoms with van der Waals surface area (Å²) >= 11 is 5.82. The van der Waals surface area contributed by atoms with E-state index in [1.165, 1.54) is 18.3 Å². The minimum absolute atomic E-state index is 0.130. The van der Waals surface area contributed by atoms with Crippen LogP contribution in [0.15, 0.2) is 48.5 Å². The van der Waals surface area contributed by atoms with Crippen LogP contribution in [-0.4, -0.2) is 16.1 Å². The van der Waals surface area contributed by atoms with Crippen LogP contribution < -0.4 is 0 Å². The Morgan fingerprint density at radius 2 is 1.82 bits per heavy atom. The number of aromatic hydroxyl groups is 1. The Kier molecular flexibility index (Phi) is 3.30.